The van der Waals surface area contributed by atoms with Crippen LogP contribution in [0.2, 0.25) is 5.02 Å². The molecule has 3 rings (SSSR count). The molecule has 12 heteroatoms. The van der Waals surface area contributed by atoms with Gasteiger partial charge in [-0.2, -0.15) is 23.0 Å². The van der Waals surface area contributed by atoms with E-state index in [0.717, 1.165) is 22.7 Å². The number of aliphatic hydroxyl groups is 1. The van der Waals surface area contributed by atoms with E-state index in [1.54, 1.807) is 13.0 Å². The number of aromatic nitrogens is 2. The number of ether oxygens (including phenoxy) is 2. The quantitative estimate of drug-likeness (QED) is 0.329. The van der Waals surface area contributed by atoms with Crippen LogP contribution < -0.4 is 10.3 Å². The number of benzene rings is 1. The van der Waals surface area contributed by atoms with Gasteiger partial charge in [-0.25, -0.2) is 4.98 Å². The van der Waals surface area contributed by atoms with Crippen molar-refractivity contribution in [1.29, 1.82) is 5.26 Å². The van der Waals surface area contributed by atoms with Crippen molar-refractivity contribution in [2.75, 3.05) is 20.3 Å². The van der Waals surface area contributed by atoms with E-state index in [0.29, 0.717) is 23.6 Å². The third kappa shape index (κ3) is 6.09. The lowest BCUT2D eigenvalue weighted by atomic mass is 10.1. The molecule has 8 nitrogen and oxygen atoms in total. The summed E-state index contributed by atoms with van der Waals surface area (Å²) in [7, 11) is 1.43. The Bertz CT molecular complexity index is 1350. The number of hydrogen-bond acceptors (Lipinski definition) is 6. The molecule has 0 amide bonds. The maximum Gasteiger partial charge on any atom is 0.437 e. The first-order valence-electron chi connectivity index (χ1n) is 10.2. The third-order valence-corrected chi connectivity index (χ3v) is 5.17. The van der Waals surface area contributed by atoms with Crippen LogP contribution >= 0.6 is 11.6 Å². The van der Waals surface area contributed by atoms with E-state index in [1.807, 2.05) is 17.6 Å². The Kier molecular flexibility index (Phi) is 7.67. The molecule has 2 aromatic rings. The maximum atomic E-state index is 13.7. The van der Waals surface area contributed by atoms with Crippen molar-refractivity contribution in [3.63, 3.8) is 0 Å². The summed E-state index contributed by atoms with van der Waals surface area (Å²) in [5.74, 6) is -0.908. The Balaban J connectivity index is 2.15. The number of allylic oxidation sites excluding steroid dienone is 2. The van der Waals surface area contributed by atoms with Gasteiger partial charge >= 0.3 is 12.1 Å². The van der Waals surface area contributed by atoms with Gasteiger partial charge in [0.15, 0.2) is 5.69 Å². The third-order valence-electron chi connectivity index (χ3n) is 4.95. The predicted molar refractivity (Wildman–Crippen MR) is 120 cm³/mol. The van der Waals surface area contributed by atoms with Crippen LogP contribution in [-0.2, 0) is 17.5 Å². The van der Waals surface area contributed by atoms with Crippen LogP contribution in [0.4, 0.5) is 13.2 Å². The van der Waals surface area contributed by atoms with Crippen molar-refractivity contribution in [2.45, 2.75) is 26.6 Å². The van der Waals surface area contributed by atoms with Gasteiger partial charge < -0.3 is 14.6 Å². The summed E-state index contributed by atoms with van der Waals surface area (Å²) in [6.07, 6.45) is -2.63. The van der Waals surface area contributed by atoms with Crippen LogP contribution in [0.1, 0.15) is 25.1 Å². The molecule has 1 N–H and O–H groups in total. The van der Waals surface area contributed by atoms with E-state index in [-0.39, 0.29) is 29.5 Å². The van der Waals surface area contributed by atoms with Crippen molar-refractivity contribution in [3.8, 4) is 17.6 Å². The van der Waals surface area contributed by atoms with Crippen molar-refractivity contribution >= 4 is 17.3 Å². The lowest BCUT2D eigenvalue weighted by molar-refractivity contribution is -0.425. The van der Waals surface area contributed by atoms with Gasteiger partial charge in [-0.15, -0.1) is 0 Å². The van der Waals surface area contributed by atoms with Gasteiger partial charge in [-0.1, -0.05) is 11.6 Å². The number of methoxy groups -OCH3 is 1. The zero-order valence-electron chi connectivity index (χ0n) is 19.0. The SMILES string of the molecule is COC(=C(C=C(C)CO)Cn1cnc(C(F)(F)F)c(Oc2cc(Cl)cc(C#N)c2)c1=O)[N+]1=C(C)C1. The Morgan fingerprint density at radius 3 is 2.63 bits per heavy atom. The van der Waals surface area contributed by atoms with E-state index in [1.165, 1.54) is 19.2 Å². The normalized spacial score (nSPS) is 14.4. The van der Waals surface area contributed by atoms with Gasteiger partial charge in [0.2, 0.25) is 18.0 Å². The largest absolute Gasteiger partial charge is 0.449 e. The van der Waals surface area contributed by atoms with Crippen LogP contribution in [0, 0.1) is 11.3 Å². The standard InChI is InChI=1S/C23H21ClF3N4O4/c1-13(11-32)4-16(22(34-3)31-9-14(31)2)10-30-12-29-20(23(25,26)27)19(21(30)33)35-18-6-15(8-28)5-17(24)7-18/h4-7,12,32H,9-11H2,1-3H3/q+1. The topological polar surface area (TPSA) is 100 Å². The van der Waals surface area contributed by atoms with Crippen molar-refractivity contribution in [1.82, 2.24) is 9.55 Å². The first-order valence-corrected chi connectivity index (χ1v) is 10.6. The highest BCUT2D eigenvalue weighted by Gasteiger charge is 2.39. The van der Waals surface area contributed by atoms with Gasteiger partial charge in [0, 0.05) is 11.9 Å². The van der Waals surface area contributed by atoms with Gasteiger partial charge in [0.25, 0.3) is 5.56 Å². The highest BCUT2D eigenvalue weighted by Crippen LogP contribution is 2.35. The van der Waals surface area contributed by atoms with E-state index in [4.69, 9.17) is 26.3 Å². The van der Waals surface area contributed by atoms with Gasteiger partial charge in [-0.3, -0.25) is 9.36 Å². The fourth-order valence-electron chi connectivity index (χ4n) is 3.24. The molecular weight excluding hydrogens is 489 g/mol. The first-order chi connectivity index (χ1) is 16.5. The predicted octanol–water partition coefficient (Wildman–Crippen LogP) is 3.86. The van der Waals surface area contributed by atoms with E-state index >= 15 is 0 Å². The average molecular weight is 510 g/mol. The van der Waals surface area contributed by atoms with Crippen LogP contribution in [0.3, 0.4) is 0 Å². The number of rotatable bonds is 8. The molecule has 2 heterocycles. The summed E-state index contributed by atoms with van der Waals surface area (Å²) in [5, 5.41) is 18.6. The fraction of sp³-hybridized carbons (Fsp3) is 0.304. The minimum absolute atomic E-state index is 0.0370. The van der Waals surface area contributed by atoms with Crippen LogP contribution in [0.5, 0.6) is 11.5 Å². The Labute approximate surface area is 203 Å². The van der Waals surface area contributed by atoms with E-state index < -0.39 is 23.2 Å². The molecule has 1 aromatic carbocycles. The number of hydrogen-bond donors (Lipinski definition) is 1. The summed E-state index contributed by atoms with van der Waals surface area (Å²) in [4.78, 5) is 16.6. The van der Waals surface area contributed by atoms with Gasteiger partial charge in [0.05, 0.1) is 43.8 Å². The minimum Gasteiger partial charge on any atom is -0.449 e. The monoisotopic (exact) mass is 509 g/mol. The molecule has 0 fully saturated rings. The highest BCUT2D eigenvalue weighted by molar-refractivity contribution is 6.30. The molecule has 0 saturated carbocycles. The molecule has 1 aromatic heterocycles. The molecular formula is C23H21ClF3N4O4+. The lowest BCUT2D eigenvalue weighted by Crippen LogP contribution is -2.27. The van der Waals surface area contributed by atoms with Crippen molar-refractivity contribution in [3.05, 3.63) is 74.3 Å². The van der Waals surface area contributed by atoms with Crippen molar-refractivity contribution in [2.24, 2.45) is 0 Å². The molecule has 0 aliphatic carbocycles. The average Bonchev–Trinajstić information content (AvgIpc) is 3.51. The minimum atomic E-state index is -4.99. The zero-order chi connectivity index (χ0) is 25.9. The number of alkyl halides is 3. The molecule has 0 unspecified atom stereocenters. The second kappa shape index (κ2) is 10.3. The molecule has 0 radical (unpaired) electrons. The van der Waals surface area contributed by atoms with Gasteiger partial charge in [-0.05, 0) is 36.8 Å². The Hall–Kier alpha value is -3.62. The van der Waals surface area contributed by atoms with Crippen molar-refractivity contribution < 1.29 is 32.3 Å². The summed E-state index contributed by atoms with van der Waals surface area (Å²) < 4.78 is 54.5. The molecule has 35 heavy (non-hydrogen) atoms. The summed E-state index contributed by atoms with van der Waals surface area (Å²) in [6.45, 7) is 3.65. The number of halogens is 4. The maximum absolute atomic E-state index is 13.7. The molecule has 0 atom stereocenters. The first kappa shape index (κ1) is 26.0. The van der Waals surface area contributed by atoms with Crippen LogP contribution in [0.15, 0.2) is 52.4 Å². The highest BCUT2D eigenvalue weighted by atomic mass is 35.5. The zero-order valence-corrected chi connectivity index (χ0v) is 19.7. The van der Waals surface area contributed by atoms with E-state index in [2.05, 4.69) is 4.98 Å². The Morgan fingerprint density at radius 2 is 2.09 bits per heavy atom. The molecule has 184 valence electrons. The molecule has 0 spiro atoms. The molecule has 0 saturated heterocycles. The smallest absolute Gasteiger partial charge is 0.437 e. The Morgan fingerprint density at radius 1 is 1.40 bits per heavy atom. The van der Waals surface area contributed by atoms with E-state index in [9.17, 15) is 23.1 Å². The second-order valence-corrected chi connectivity index (χ2v) is 8.18. The lowest BCUT2D eigenvalue weighted by Gasteiger charge is -2.15. The number of nitrogens with zero attached hydrogens (tertiary/aromatic N) is 4. The summed E-state index contributed by atoms with van der Waals surface area (Å²) in [5.41, 5.74) is -0.630. The summed E-state index contributed by atoms with van der Waals surface area (Å²) >= 11 is 5.92. The fourth-order valence-corrected chi connectivity index (χ4v) is 3.46. The molecule has 0 bridgehead atoms. The molecule has 1 aliphatic heterocycles. The van der Waals surface area contributed by atoms with Gasteiger partial charge in [0.1, 0.15) is 5.75 Å². The van der Waals surface area contributed by atoms with Crippen LogP contribution in [-0.4, -0.2) is 45.2 Å². The number of aliphatic hydroxyl groups excluding tert-OH is 1. The summed E-state index contributed by atoms with van der Waals surface area (Å²) in [6, 6.07) is 5.45. The number of nitriles is 1. The molecule has 1 aliphatic rings. The second-order valence-electron chi connectivity index (χ2n) is 7.75. The van der Waals surface area contributed by atoms with Crippen LogP contribution in [0.25, 0.3) is 0 Å².